The molecule has 7 heteroatoms. The third-order valence-corrected chi connectivity index (χ3v) is 6.12. The summed E-state index contributed by atoms with van der Waals surface area (Å²) in [5.41, 5.74) is 7.06. The van der Waals surface area contributed by atoms with E-state index in [2.05, 4.69) is 40.9 Å². The quantitative estimate of drug-likeness (QED) is 0.918. The minimum absolute atomic E-state index is 0.151. The van der Waals surface area contributed by atoms with Gasteiger partial charge < -0.3 is 5.73 Å². The molecule has 5 nitrogen and oxygen atoms in total. The fourth-order valence-corrected chi connectivity index (χ4v) is 4.30. The number of hydrogen-bond acceptors (Lipinski definition) is 7. The monoisotopic (exact) mass is 351 g/mol. The van der Waals surface area contributed by atoms with Crippen molar-refractivity contribution in [2.45, 2.75) is 39.3 Å². The number of nitrogen functional groups attached to an aromatic ring is 1. The summed E-state index contributed by atoms with van der Waals surface area (Å²) in [5, 5.41) is 4.11. The van der Waals surface area contributed by atoms with Gasteiger partial charge in [0.2, 0.25) is 0 Å². The van der Waals surface area contributed by atoms with Gasteiger partial charge in [0.1, 0.15) is 0 Å². The Morgan fingerprint density at radius 2 is 1.78 bits per heavy atom. The molecule has 0 bridgehead atoms. The molecule has 3 heterocycles. The summed E-state index contributed by atoms with van der Waals surface area (Å²) in [4.78, 5) is 15.2. The third kappa shape index (κ3) is 4.50. The highest BCUT2D eigenvalue weighted by atomic mass is 32.1. The second-order valence-electron chi connectivity index (χ2n) is 7.11. The largest absolute Gasteiger partial charge is 0.375 e. The van der Waals surface area contributed by atoms with Gasteiger partial charge in [-0.1, -0.05) is 20.8 Å². The van der Waals surface area contributed by atoms with Gasteiger partial charge in [-0.2, -0.15) is 0 Å². The Morgan fingerprint density at radius 3 is 2.30 bits per heavy atom. The molecule has 0 saturated carbocycles. The van der Waals surface area contributed by atoms with E-state index in [1.165, 1.54) is 15.6 Å². The first-order valence-electron chi connectivity index (χ1n) is 8.00. The number of rotatable bonds is 4. The molecule has 0 spiro atoms. The zero-order valence-corrected chi connectivity index (χ0v) is 15.7. The predicted octanol–water partition coefficient (Wildman–Crippen LogP) is 2.80. The summed E-state index contributed by atoms with van der Waals surface area (Å²) in [5.74, 6) is 0. The SMILES string of the molecule is CC(C)(C)c1nc(CN2CCN(Cc3cnc(N)s3)CC2)cs1. The van der Waals surface area contributed by atoms with Gasteiger partial charge in [-0.15, -0.1) is 22.7 Å². The molecule has 0 atom stereocenters. The Kier molecular flexibility index (Phi) is 5.01. The van der Waals surface area contributed by atoms with Crippen LogP contribution in [0.15, 0.2) is 11.6 Å². The molecule has 23 heavy (non-hydrogen) atoms. The van der Waals surface area contributed by atoms with E-state index in [0.29, 0.717) is 5.13 Å². The zero-order valence-electron chi connectivity index (χ0n) is 14.1. The number of hydrogen-bond donors (Lipinski definition) is 1. The van der Waals surface area contributed by atoms with Crippen LogP contribution >= 0.6 is 22.7 Å². The summed E-state index contributed by atoms with van der Waals surface area (Å²) in [6, 6.07) is 0. The lowest BCUT2D eigenvalue weighted by Gasteiger charge is -2.34. The van der Waals surface area contributed by atoms with Crippen molar-refractivity contribution in [2.24, 2.45) is 0 Å². The zero-order chi connectivity index (χ0) is 16.4. The average molecular weight is 352 g/mol. The Labute approximate surface area is 146 Å². The van der Waals surface area contributed by atoms with E-state index in [1.807, 2.05) is 6.20 Å². The topological polar surface area (TPSA) is 58.3 Å². The number of nitrogens with two attached hydrogens (primary N) is 1. The van der Waals surface area contributed by atoms with Gasteiger partial charge in [0.05, 0.1) is 10.7 Å². The molecule has 2 aromatic rings. The van der Waals surface area contributed by atoms with Gasteiger partial charge in [0.15, 0.2) is 5.13 Å². The summed E-state index contributed by atoms with van der Waals surface area (Å²) < 4.78 is 0. The van der Waals surface area contributed by atoms with Crippen molar-refractivity contribution >= 4 is 27.8 Å². The molecular weight excluding hydrogens is 326 g/mol. The number of nitrogens with zero attached hydrogens (tertiary/aromatic N) is 4. The molecule has 0 aromatic carbocycles. The van der Waals surface area contributed by atoms with Crippen molar-refractivity contribution in [3.63, 3.8) is 0 Å². The minimum Gasteiger partial charge on any atom is -0.375 e. The van der Waals surface area contributed by atoms with Crippen LogP contribution in [0.4, 0.5) is 5.13 Å². The van der Waals surface area contributed by atoms with Crippen LogP contribution in [0.2, 0.25) is 0 Å². The van der Waals surface area contributed by atoms with Crippen molar-refractivity contribution in [3.8, 4) is 0 Å². The molecule has 1 aliphatic heterocycles. The van der Waals surface area contributed by atoms with Crippen molar-refractivity contribution in [1.29, 1.82) is 0 Å². The van der Waals surface area contributed by atoms with Crippen LogP contribution in [0.25, 0.3) is 0 Å². The lowest BCUT2D eigenvalue weighted by atomic mass is 9.98. The molecule has 0 unspecified atom stereocenters. The van der Waals surface area contributed by atoms with Crippen LogP contribution in [0.3, 0.4) is 0 Å². The van der Waals surface area contributed by atoms with Crippen molar-refractivity contribution < 1.29 is 0 Å². The van der Waals surface area contributed by atoms with Crippen molar-refractivity contribution in [2.75, 3.05) is 31.9 Å². The highest BCUT2D eigenvalue weighted by molar-refractivity contribution is 7.15. The van der Waals surface area contributed by atoms with Crippen molar-refractivity contribution in [3.05, 3.63) is 27.2 Å². The first kappa shape index (κ1) is 16.8. The smallest absolute Gasteiger partial charge is 0.180 e. The number of piperazine rings is 1. The summed E-state index contributed by atoms with van der Waals surface area (Å²) in [7, 11) is 0. The Hall–Kier alpha value is -1.02. The van der Waals surface area contributed by atoms with Gasteiger partial charge in [0.25, 0.3) is 0 Å². The summed E-state index contributed by atoms with van der Waals surface area (Å²) >= 11 is 3.38. The van der Waals surface area contributed by atoms with E-state index in [1.54, 1.807) is 22.7 Å². The van der Waals surface area contributed by atoms with E-state index in [9.17, 15) is 0 Å². The van der Waals surface area contributed by atoms with E-state index in [4.69, 9.17) is 10.7 Å². The molecular formula is C16H25N5S2. The van der Waals surface area contributed by atoms with Gasteiger partial charge in [0, 0.05) is 61.1 Å². The van der Waals surface area contributed by atoms with E-state index < -0.39 is 0 Å². The molecule has 2 aromatic heterocycles. The fraction of sp³-hybridized carbons (Fsp3) is 0.625. The maximum Gasteiger partial charge on any atom is 0.180 e. The number of aromatic nitrogens is 2. The first-order chi connectivity index (χ1) is 10.9. The maximum absolute atomic E-state index is 5.70. The summed E-state index contributed by atoms with van der Waals surface area (Å²) in [6.45, 7) is 13.0. The Morgan fingerprint density at radius 1 is 1.13 bits per heavy atom. The highest BCUT2D eigenvalue weighted by Crippen LogP contribution is 2.26. The van der Waals surface area contributed by atoms with Crippen LogP contribution in [0, 0.1) is 0 Å². The van der Waals surface area contributed by atoms with Gasteiger partial charge in [-0.05, 0) is 0 Å². The van der Waals surface area contributed by atoms with E-state index in [0.717, 1.165) is 39.3 Å². The van der Waals surface area contributed by atoms with Crippen LogP contribution < -0.4 is 5.73 Å². The minimum atomic E-state index is 0.151. The van der Waals surface area contributed by atoms with Crippen LogP contribution in [-0.2, 0) is 18.5 Å². The molecule has 1 saturated heterocycles. The van der Waals surface area contributed by atoms with Gasteiger partial charge in [-0.25, -0.2) is 9.97 Å². The predicted molar refractivity (Wildman–Crippen MR) is 97.9 cm³/mol. The van der Waals surface area contributed by atoms with E-state index >= 15 is 0 Å². The molecule has 3 rings (SSSR count). The number of anilines is 1. The van der Waals surface area contributed by atoms with Crippen LogP contribution in [0.5, 0.6) is 0 Å². The lowest BCUT2D eigenvalue weighted by molar-refractivity contribution is 0.122. The molecule has 126 valence electrons. The second kappa shape index (κ2) is 6.84. The lowest BCUT2D eigenvalue weighted by Crippen LogP contribution is -2.45. The maximum atomic E-state index is 5.70. The van der Waals surface area contributed by atoms with Gasteiger partial charge in [-0.3, -0.25) is 9.80 Å². The average Bonchev–Trinajstić information content (AvgIpc) is 3.10. The highest BCUT2D eigenvalue weighted by Gasteiger charge is 2.21. The van der Waals surface area contributed by atoms with Crippen LogP contribution in [0.1, 0.15) is 36.3 Å². The van der Waals surface area contributed by atoms with E-state index in [-0.39, 0.29) is 5.41 Å². The molecule has 0 radical (unpaired) electrons. The van der Waals surface area contributed by atoms with Gasteiger partial charge >= 0.3 is 0 Å². The molecule has 0 aliphatic carbocycles. The van der Waals surface area contributed by atoms with Crippen molar-refractivity contribution in [1.82, 2.24) is 19.8 Å². The Balaban J connectivity index is 1.48. The molecule has 0 amide bonds. The fourth-order valence-electron chi connectivity index (χ4n) is 2.67. The first-order valence-corrected chi connectivity index (χ1v) is 9.69. The molecule has 1 fully saturated rings. The summed E-state index contributed by atoms with van der Waals surface area (Å²) in [6.07, 6.45) is 1.90. The molecule has 1 aliphatic rings. The third-order valence-electron chi connectivity index (χ3n) is 3.99. The number of thiazole rings is 2. The Bertz CT molecular complexity index is 635. The normalized spacial score (nSPS) is 17.7. The van der Waals surface area contributed by atoms with Crippen LogP contribution in [-0.4, -0.2) is 45.9 Å². The standard InChI is InChI=1S/C16H25N5S2/c1-16(2,3)14-19-12(11-22-14)9-20-4-6-21(7-5-20)10-13-8-18-15(17)23-13/h8,11H,4-7,9-10H2,1-3H3,(H2,17,18). The second-order valence-corrected chi connectivity index (χ2v) is 9.12. The molecule has 2 N–H and O–H groups in total.